The molecule has 32 heavy (non-hydrogen) atoms. The van der Waals surface area contributed by atoms with Gasteiger partial charge in [0.1, 0.15) is 0 Å². The Kier molecular flexibility index (Phi) is 21.2. The number of carbonyl (C=O) groups is 1. The molecule has 0 fully saturated rings. The van der Waals surface area contributed by atoms with Crippen LogP contribution in [0.25, 0.3) is 0 Å². The Morgan fingerprint density at radius 2 is 1.44 bits per heavy atom. The van der Waals surface area contributed by atoms with Gasteiger partial charge in [-0.15, -0.1) is 0 Å². The average molecular weight is 466 g/mol. The molecule has 0 bridgehead atoms. The number of hydrogen-bond donors (Lipinski definition) is 2. The van der Waals surface area contributed by atoms with E-state index < -0.39 is 5.97 Å². The summed E-state index contributed by atoms with van der Waals surface area (Å²) in [5.74, 6) is 0.615. The van der Waals surface area contributed by atoms with Crippen molar-refractivity contribution in [3.8, 4) is 0 Å². The number of allylic oxidation sites excluding steroid dienone is 7. The maximum Gasteiger partial charge on any atom is 0.303 e. The van der Waals surface area contributed by atoms with Crippen LogP contribution in [0.3, 0.4) is 0 Å². The average Bonchev–Trinajstić information content (AvgIpc) is 2.75. The molecule has 0 aliphatic carbocycles. The first-order valence-electron chi connectivity index (χ1n) is 13.1. The van der Waals surface area contributed by atoms with Crippen molar-refractivity contribution in [1.82, 2.24) is 0 Å². The maximum atomic E-state index is 11.0. The van der Waals surface area contributed by atoms with Gasteiger partial charge in [0.25, 0.3) is 0 Å². The molecule has 0 aromatic carbocycles. The fourth-order valence-electron chi connectivity index (χ4n) is 4.07. The first-order valence-corrected chi connectivity index (χ1v) is 13.1. The Morgan fingerprint density at radius 3 is 2.12 bits per heavy atom. The Hall–Kier alpha value is -1.77. The monoisotopic (exact) mass is 465 g/mol. The van der Waals surface area contributed by atoms with Crippen LogP contribution in [0.2, 0.25) is 0 Å². The molecule has 0 aliphatic rings. The highest BCUT2D eigenvalue weighted by molar-refractivity contribution is 5.66. The molecule has 0 saturated heterocycles. The van der Waals surface area contributed by atoms with E-state index >= 15 is 0 Å². The van der Waals surface area contributed by atoms with E-state index in [4.69, 9.17) is 5.11 Å². The first-order chi connectivity index (χ1) is 15.5. The van der Waals surface area contributed by atoms with Gasteiger partial charge in [0.05, 0.1) is 5.76 Å². The molecule has 0 aromatic heterocycles. The second-order valence-corrected chi connectivity index (χ2v) is 9.02. The van der Waals surface area contributed by atoms with Gasteiger partial charge in [0, 0.05) is 12.8 Å². The van der Waals surface area contributed by atoms with Crippen molar-refractivity contribution in [2.75, 3.05) is 0 Å². The van der Waals surface area contributed by atoms with Gasteiger partial charge in [-0.3, -0.25) is 4.79 Å². The van der Waals surface area contributed by atoms with Gasteiger partial charge >= 0.3 is 5.97 Å². The van der Waals surface area contributed by atoms with E-state index in [1.165, 1.54) is 44.9 Å². The molecular formula is C29H50O3. The van der Waals surface area contributed by atoms with Crippen LogP contribution in [-0.2, 0) is 4.79 Å². The van der Waals surface area contributed by atoms with Crippen molar-refractivity contribution in [3.63, 3.8) is 0 Å². The van der Waals surface area contributed by atoms with Crippen molar-refractivity contribution in [2.24, 2.45) is 11.8 Å². The molecule has 2 atom stereocenters. The molecule has 0 spiro atoms. The lowest BCUT2D eigenvalue weighted by Crippen LogP contribution is -2.14. The third kappa shape index (κ3) is 20.2. The standard InChI is InChI=1S/C29H50O3/c1-4-6-8-9-10-13-17-23-28(24-19-25-29(31)32)27(21-15-7-5-2)22-18-14-11-12-16-20-26(3)30/h10-11,13-14,17,23,27-28,30H,3-9,12,15-16,18-22,24-25H2,1-2H3,(H,31,32)/b13-10-,14-11+,23-17+/i1+1,2+1,4+1,5+1,6+1,9+1,10+1,11+1,13+1,14+1,15+1,16+1,17+1,18+1,23+1,24+1,26+1,28+1,29+1. The van der Waals surface area contributed by atoms with E-state index in [0.717, 1.165) is 44.9 Å². The molecule has 0 rings (SSSR count). The molecule has 0 aliphatic heterocycles. The summed E-state index contributed by atoms with van der Waals surface area (Å²) in [4.78, 5) is 11.0. The molecule has 3 nitrogen and oxygen atoms in total. The summed E-state index contributed by atoms with van der Waals surface area (Å²) in [6, 6.07) is 0. The van der Waals surface area contributed by atoms with E-state index in [0.29, 0.717) is 18.3 Å². The Labute approximate surface area is 198 Å². The highest BCUT2D eigenvalue weighted by Crippen LogP contribution is 2.30. The Morgan fingerprint density at radius 1 is 0.750 bits per heavy atom. The second-order valence-electron chi connectivity index (χ2n) is 9.02. The van der Waals surface area contributed by atoms with Gasteiger partial charge in [-0.1, -0.05) is 89.0 Å². The summed E-state index contributed by atoms with van der Waals surface area (Å²) >= 11 is 0. The number of aliphatic carboxylic acids is 1. The summed E-state index contributed by atoms with van der Waals surface area (Å²) < 4.78 is 0. The lowest BCUT2D eigenvalue weighted by Gasteiger charge is -2.25. The molecular weight excluding hydrogens is 415 g/mol. The molecule has 2 unspecified atom stereocenters. The number of aliphatic hydroxyl groups is 1. The summed E-state index contributed by atoms with van der Waals surface area (Å²) in [7, 11) is 0. The Bertz CT molecular complexity index is 545. The van der Waals surface area contributed by atoms with Gasteiger partial charge in [-0.05, 0) is 69.6 Å². The summed E-state index contributed by atoms with van der Waals surface area (Å²) in [5.41, 5.74) is 0. The van der Waals surface area contributed by atoms with E-state index in [-0.39, 0.29) is 12.2 Å². The minimum atomic E-state index is -0.695. The van der Waals surface area contributed by atoms with Crippen LogP contribution in [0.15, 0.2) is 48.8 Å². The van der Waals surface area contributed by atoms with E-state index in [2.05, 4.69) is 56.9 Å². The minimum Gasteiger partial charge on any atom is -0.513 e. The first kappa shape index (κ1) is 30.2. The topological polar surface area (TPSA) is 57.5 Å². The fraction of sp³-hybridized carbons (Fsp3) is 0.690. The molecule has 3 heteroatoms. The third-order valence-corrected chi connectivity index (χ3v) is 6.00. The lowest BCUT2D eigenvalue weighted by atomic mass is 10.1. The molecule has 2 N–H and O–H groups in total. The fourth-order valence-corrected chi connectivity index (χ4v) is 4.07. The second kappa shape index (κ2) is 22.4. The predicted molar refractivity (Wildman–Crippen MR) is 139 cm³/mol. The largest absolute Gasteiger partial charge is 0.513 e. The highest BCUT2D eigenvalue weighted by atomic mass is 16.5. The van der Waals surface area contributed by atoms with Crippen LogP contribution in [0.5, 0.6) is 0 Å². The summed E-state index contributed by atoms with van der Waals surface area (Å²) in [6.07, 6.45) is 30.1. The zero-order valence-corrected chi connectivity index (χ0v) is 20.9. The van der Waals surface area contributed by atoms with Crippen molar-refractivity contribution in [3.05, 3.63) is 48.8 Å². The van der Waals surface area contributed by atoms with Crippen molar-refractivity contribution in [1.29, 1.82) is 0 Å². The lowest BCUT2D eigenvalue weighted by molar-refractivity contribution is -0.137. The number of carboxylic acid groups (broad SMARTS) is 1. The number of carboxylic acids is 1. The third-order valence-electron chi connectivity index (χ3n) is 6.00. The molecule has 184 valence electrons. The van der Waals surface area contributed by atoms with Crippen LogP contribution < -0.4 is 0 Å². The number of hydrogen-bond acceptors (Lipinski definition) is 2. The van der Waals surface area contributed by atoms with Crippen LogP contribution in [0, 0.1) is 11.8 Å². The zero-order valence-electron chi connectivity index (χ0n) is 20.9. The Balaban J connectivity index is 4.89. The smallest absolute Gasteiger partial charge is 0.303 e. The van der Waals surface area contributed by atoms with Gasteiger partial charge in [-0.2, -0.15) is 0 Å². The summed E-state index contributed by atoms with van der Waals surface area (Å²) in [5, 5.41) is 18.2. The number of unbranched alkanes of at least 4 members (excludes halogenated alkanes) is 6. The van der Waals surface area contributed by atoms with Crippen molar-refractivity contribution >= 4 is 5.97 Å². The number of rotatable bonds is 22. The summed E-state index contributed by atoms with van der Waals surface area (Å²) in [6.45, 7) is 8.01. The van der Waals surface area contributed by atoms with Crippen LogP contribution >= 0.6 is 0 Å². The SMILES string of the molecule is C=[13C](O)C[13CH2]C/[13CH]=[13CH]/[13CH2]CC(C[13CH2]C[13CH2][13CH3])[13CH](/[13CH]=[13CH]/[13CH]=[13CH]\[13CH2]C[13CH2][13CH2][13CH3])[13CH2]CC[13C](=O)O. The van der Waals surface area contributed by atoms with E-state index in [1.807, 2.05) is 0 Å². The normalized spacial score (nSPS) is 13.9. The molecule has 0 aromatic rings. The van der Waals surface area contributed by atoms with E-state index in [9.17, 15) is 9.90 Å². The molecule has 0 amide bonds. The van der Waals surface area contributed by atoms with E-state index in [1.54, 1.807) is 0 Å². The molecule has 0 radical (unpaired) electrons. The van der Waals surface area contributed by atoms with Crippen molar-refractivity contribution < 1.29 is 15.0 Å². The van der Waals surface area contributed by atoms with Crippen molar-refractivity contribution in [2.45, 2.75) is 117 Å². The van der Waals surface area contributed by atoms with Crippen LogP contribution in [0.4, 0.5) is 0 Å². The van der Waals surface area contributed by atoms with Crippen LogP contribution in [-0.4, -0.2) is 16.2 Å². The zero-order chi connectivity index (χ0) is 23.9. The number of aliphatic hydroxyl groups excluding tert-OH is 1. The van der Waals surface area contributed by atoms with Crippen LogP contribution in [0.1, 0.15) is 117 Å². The molecule has 0 saturated carbocycles. The quantitative estimate of drug-likeness (QED) is 0.0550. The van der Waals surface area contributed by atoms with Gasteiger partial charge in [-0.25, -0.2) is 0 Å². The molecule has 0 heterocycles. The van der Waals surface area contributed by atoms with Gasteiger partial charge < -0.3 is 10.2 Å². The minimum absolute atomic E-state index is 0.259. The maximum absolute atomic E-state index is 11.0. The van der Waals surface area contributed by atoms with Gasteiger partial charge in [0.2, 0.25) is 0 Å². The predicted octanol–water partition coefficient (Wildman–Crippen LogP) is 9.33. The highest BCUT2D eigenvalue weighted by Gasteiger charge is 2.18. The van der Waals surface area contributed by atoms with Gasteiger partial charge in [0.15, 0.2) is 0 Å².